The molecular weight excluding hydrogens is 667 g/mol. The van der Waals surface area contributed by atoms with Crippen LogP contribution in [0.2, 0.25) is 0 Å². The number of thiazole rings is 2. The number of amides is 1. The number of nitrogens with two attached hydrogens (primary N) is 1. The summed E-state index contributed by atoms with van der Waals surface area (Å²) >= 11 is 6.13. The molecule has 44 heavy (non-hydrogen) atoms. The zero-order chi connectivity index (χ0) is 30.8. The summed E-state index contributed by atoms with van der Waals surface area (Å²) in [6.07, 6.45) is 11.6. The fraction of sp³-hybridized carbons (Fsp3) is 0.444. The molecule has 0 aromatic carbocycles. The number of nitrogen functional groups attached to an aromatic ring is 1. The van der Waals surface area contributed by atoms with Gasteiger partial charge in [-0.15, -0.1) is 22.7 Å². The van der Waals surface area contributed by atoms with Gasteiger partial charge in [0.15, 0.2) is 3.92 Å². The Bertz CT molecular complexity index is 1440. The van der Waals surface area contributed by atoms with Crippen molar-refractivity contribution in [1.82, 2.24) is 29.9 Å². The highest BCUT2D eigenvalue weighted by molar-refractivity contribution is 9.11. The SMILES string of the molecule is C.CC(=O)Nc1csc(Br)n1.C[C@H]1CCCN1c1ncc(-c2nc(N)cs2)cn1.C[C@H]1CCCN1c1ncc(O[B]O)cn1. The number of halogens is 1. The first-order valence-corrected chi connectivity index (χ1v) is 16.2. The van der Waals surface area contributed by atoms with E-state index in [1.165, 1.54) is 55.3 Å². The van der Waals surface area contributed by atoms with E-state index in [1.807, 2.05) is 17.8 Å². The van der Waals surface area contributed by atoms with E-state index in [1.54, 1.807) is 17.8 Å². The van der Waals surface area contributed by atoms with Crippen LogP contribution in [0.3, 0.4) is 0 Å². The number of nitrogens with zero attached hydrogens (tertiary/aromatic N) is 8. The summed E-state index contributed by atoms with van der Waals surface area (Å²) in [5, 5.41) is 15.4. The maximum Gasteiger partial charge on any atom is 0.569 e. The minimum absolute atomic E-state index is 0. The molecule has 2 aliphatic rings. The first-order valence-electron chi connectivity index (χ1n) is 13.6. The summed E-state index contributed by atoms with van der Waals surface area (Å²) in [4.78, 5) is 40.3. The quantitative estimate of drug-likeness (QED) is 0.229. The van der Waals surface area contributed by atoms with Gasteiger partial charge in [-0.05, 0) is 55.5 Å². The van der Waals surface area contributed by atoms with Crippen LogP contribution >= 0.6 is 38.6 Å². The third-order valence-corrected chi connectivity index (χ3v) is 8.88. The molecule has 2 saturated heterocycles. The van der Waals surface area contributed by atoms with Gasteiger partial charge in [0.2, 0.25) is 17.8 Å². The van der Waals surface area contributed by atoms with Crippen LogP contribution in [0.1, 0.15) is 53.9 Å². The predicted molar refractivity (Wildman–Crippen MR) is 181 cm³/mol. The number of aromatic nitrogens is 6. The molecule has 17 heteroatoms. The maximum absolute atomic E-state index is 10.5. The second kappa shape index (κ2) is 17.2. The second-order valence-corrected chi connectivity index (χ2v) is 12.8. The van der Waals surface area contributed by atoms with Crippen molar-refractivity contribution in [2.45, 2.75) is 66.0 Å². The van der Waals surface area contributed by atoms with Gasteiger partial charge in [-0.2, -0.15) is 0 Å². The van der Waals surface area contributed by atoms with Gasteiger partial charge in [-0.1, -0.05) is 7.43 Å². The van der Waals surface area contributed by atoms with Crippen LogP contribution in [-0.2, 0) is 4.79 Å². The fourth-order valence-electron chi connectivity index (χ4n) is 4.53. The van der Waals surface area contributed by atoms with Crippen molar-refractivity contribution in [3.8, 4) is 16.3 Å². The van der Waals surface area contributed by atoms with E-state index < -0.39 is 0 Å². The number of nitrogens with one attached hydrogen (secondary N) is 1. The molecule has 4 aromatic rings. The van der Waals surface area contributed by atoms with Crippen molar-refractivity contribution >= 4 is 75.7 Å². The normalized spacial score (nSPS) is 17.0. The van der Waals surface area contributed by atoms with Gasteiger partial charge in [0.1, 0.15) is 22.4 Å². The number of carbonyl (C=O) groups excluding carboxylic acids is 1. The second-order valence-electron chi connectivity index (χ2n) is 9.83. The zero-order valence-corrected chi connectivity index (χ0v) is 27.3. The molecule has 2 atom stereocenters. The lowest BCUT2D eigenvalue weighted by molar-refractivity contribution is -0.114. The number of hydrogen-bond acceptors (Lipinski definition) is 14. The Morgan fingerprint density at radius 3 is 1.98 bits per heavy atom. The van der Waals surface area contributed by atoms with Crippen molar-refractivity contribution in [2.75, 3.05) is 33.9 Å². The van der Waals surface area contributed by atoms with Crippen LogP contribution in [0.15, 0.2) is 39.5 Å². The molecule has 1 amide bonds. The van der Waals surface area contributed by atoms with E-state index in [-0.39, 0.29) is 13.3 Å². The Balaban J connectivity index is 0.000000186. The summed E-state index contributed by atoms with van der Waals surface area (Å²) in [6, 6.07) is 1.03. The third-order valence-electron chi connectivity index (χ3n) is 6.61. The number of hydrogen-bond donors (Lipinski definition) is 3. The van der Waals surface area contributed by atoms with Crippen LogP contribution in [0, 0.1) is 0 Å². The van der Waals surface area contributed by atoms with Gasteiger partial charge in [0, 0.05) is 60.8 Å². The van der Waals surface area contributed by atoms with E-state index in [9.17, 15) is 4.79 Å². The first-order chi connectivity index (χ1) is 20.7. The molecule has 0 saturated carbocycles. The predicted octanol–water partition coefficient (Wildman–Crippen LogP) is 5.04. The number of anilines is 4. The highest BCUT2D eigenvalue weighted by atomic mass is 79.9. The van der Waals surface area contributed by atoms with Crippen molar-refractivity contribution in [2.24, 2.45) is 0 Å². The summed E-state index contributed by atoms with van der Waals surface area (Å²) in [5.74, 6) is 3.03. The molecule has 0 aliphatic carbocycles. The van der Waals surface area contributed by atoms with E-state index in [0.717, 1.165) is 39.5 Å². The van der Waals surface area contributed by atoms with E-state index in [4.69, 9.17) is 15.4 Å². The van der Waals surface area contributed by atoms with Crippen molar-refractivity contribution in [1.29, 1.82) is 0 Å². The Labute approximate surface area is 274 Å². The van der Waals surface area contributed by atoms with Crippen LogP contribution in [0.25, 0.3) is 10.6 Å². The fourth-order valence-corrected chi connectivity index (χ4v) is 6.16. The van der Waals surface area contributed by atoms with Crippen LogP contribution in [-0.4, -0.2) is 73.7 Å². The summed E-state index contributed by atoms with van der Waals surface area (Å²) in [5.41, 5.74) is 6.54. The van der Waals surface area contributed by atoms with E-state index in [2.05, 4.69) is 74.8 Å². The van der Waals surface area contributed by atoms with Gasteiger partial charge >= 0.3 is 7.69 Å². The smallest absolute Gasteiger partial charge is 0.535 e. The molecule has 0 unspecified atom stereocenters. The van der Waals surface area contributed by atoms with Gasteiger partial charge < -0.3 is 30.5 Å². The molecule has 4 N–H and O–H groups in total. The first kappa shape index (κ1) is 35.1. The molecule has 0 spiro atoms. The lowest BCUT2D eigenvalue weighted by atomic mass is 10.2. The van der Waals surface area contributed by atoms with Crippen LogP contribution in [0.4, 0.5) is 23.5 Å². The van der Waals surface area contributed by atoms with Gasteiger partial charge in [0.25, 0.3) is 0 Å². The zero-order valence-electron chi connectivity index (χ0n) is 24.1. The number of rotatable bonds is 6. The monoisotopic (exact) mass is 703 g/mol. The minimum atomic E-state index is -0.0993. The highest BCUT2D eigenvalue weighted by Crippen LogP contribution is 2.26. The van der Waals surface area contributed by atoms with Crippen LogP contribution < -0.4 is 25.5 Å². The molecule has 13 nitrogen and oxygen atoms in total. The topological polar surface area (TPSA) is 168 Å². The molecule has 2 aliphatic heterocycles. The third kappa shape index (κ3) is 10.1. The Hall–Kier alpha value is -3.41. The van der Waals surface area contributed by atoms with E-state index in [0.29, 0.717) is 37.2 Å². The summed E-state index contributed by atoms with van der Waals surface area (Å²) in [6.45, 7) is 7.89. The van der Waals surface area contributed by atoms with E-state index >= 15 is 0 Å². The van der Waals surface area contributed by atoms with Crippen molar-refractivity contribution in [3.63, 3.8) is 0 Å². The molecule has 235 valence electrons. The standard InChI is InChI=1S/C12H15N5S.C9H13BN3O2.C5H5BrN2OS.CH4/c1-8-3-2-4-17(8)12-14-5-9(6-15-12)11-16-10(13)7-18-11;1-7-3-2-4-13(7)9-11-5-8(6-12-9)15-10-14;1-3(9)7-4-2-10-5(6)8-4;/h5-8H,2-4,13H2,1H3;5-7,14H,2-4H2,1H3;2H,1H3,(H,7,9);1H4/t8-;7-;;/m00../s1. The summed E-state index contributed by atoms with van der Waals surface area (Å²) in [7, 11) is 0.622. The minimum Gasteiger partial charge on any atom is -0.535 e. The van der Waals surface area contributed by atoms with Crippen molar-refractivity contribution < 1.29 is 14.5 Å². The maximum atomic E-state index is 10.5. The molecule has 6 rings (SSSR count). The lowest BCUT2D eigenvalue weighted by Gasteiger charge is -2.20. The summed E-state index contributed by atoms with van der Waals surface area (Å²) < 4.78 is 5.51. The van der Waals surface area contributed by atoms with Crippen LogP contribution in [0.5, 0.6) is 5.75 Å². The lowest BCUT2D eigenvalue weighted by Crippen LogP contribution is -2.28. The van der Waals surface area contributed by atoms with Crippen molar-refractivity contribution in [3.05, 3.63) is 39.5 Å². The molecular formula is C27H37BBrN10O3S2. The average Bonchev–Trinajstić information content (AvgIpc) is 3.80. The molecule has 4 aromatic heterocycles. The Morgan fingerprint density at radius 2 is 1.57 bits per heavy atom. The van der Waals surface area contributed by atoms with Gasteiger partial charge in [0.05, 0.1) is 12.4 Å². The Morgan fingerprint density at radius 1 is 1.00 bits per heavy atom. The average molecular weight is 705 g/mol. The molecule has 6 heterocycles. The van der Waals surface area contributed by atoms with Gasteiger partial charge in [-0.25, -0.2) is 29.9 Å². The number of carbonyl (C=O) groups is 1. The molecule has 2 fully saturated rings. The largest absolute Gasteiger partial charge is 0.569 e. The van der Waals surface area contributed by atoms with Gasteiger partial charge in [-0.3, -0.25) is 4.79 Å². The molecule has 0 bridgehead atoms. The Kier molecular flexibility index (Phi) is 13.7. The molecule has 1 radical (unpaired) electrons. The highest BCUT2D eigenvalue weighted by Gasteiger charge is 2.23.